The smallest absolute Gasteiger partial charge is 0.307 e. The number of sulfonamides is 1. The molecule has 0 aliphatic heterocycles. The Labute approximate surface area is 109 Å². The number of carbonyl (C=O) groups is 1. The van der Waals surface area contributed by atoms with Crippen LogP contribution in [0.15, 0.2) is 23.1 Å². The summed E-state index contributed by atoms with van der Waals surface area (Å²) < 4.78 is 51.2. The molecule has 8 heteroatoms. The van der Waals surface area contributed by atoms with Crippen LogP contribution in [0.1, 0.15) is 13.3 Å². The normalized spacial score (nSPS) is 13.2. The number of halogens is 2. The highest BCUT2D eigenvalue weighted by molar-refractivity contribution is 7.89. The Balaban J connectivity index is 2.86. The summed E-state index contributed by atoms with van der Waals surface area (Å²) in [6.07, 6.45) is 0.246. The van der Waals surface area contributed by atoms with Crippen LogP contribution < -0.4 is 4.72 Å². The third kappa shape index (κ3) is 3.97. The zero-order valence-corrected chi connectivity index (χ0v) is 10.9. The van der Waals surface area contributed by atoms with Crippen LogP contribution in [0.25, 0.3) is 0 Å². The fourth-order valence-electron chi connectivity index (χ4n) is 1.34. The van der Waals surface area contributed by atoms with Gasteiger partial charge in [0.15, 0.2) is 11.6 Å². The topological polar surface area (TPSA) is 83.5 Å². The van der Waals surface area contributed by atoms with Gasteiger partial charge in [0.05, 0.1) is 10.8 Å². The first-order valence-corrected chi connectivity index (χ1v) is 6.93. The highest BCUT2D eigenvalue weighted by Crippen LogP contribution is 2.14. The van der Waals surface area contributed by atoms with Crippen molar-refractivity contribution in [3.05, 3.63) is 29.8 Å². The second-order valence-electron chi connectivity index (χ2n) is 3.87. The maximum Gasteiger partial charge on any atom is 0.307 e. The van der Waals surface area contributed by atoms with Gasteiger partial charge in [-0.1, -0.05) is 6.92 Å². The van der Waals surface area contributed by atoms with E-state index in [0.29, 0.717) is 12.1 Å². The van der Waals surface area contributed by atoms with E-state index in [-0.39, 0.29) is 13.0 Å². The Morgan fingerprint density at radius 2 is 2.00 bits per heavy atom. The third-order valence-electron chi connectivity index (χ3n) is 2.56. The Bertz CT molecular complexity index is 574. The standard InChI is InChI=1S/C11H13F2NO4S/c1-2-7(11(15)16)6-14-19(17,18)8-3-4-9(12)10(13)5-8/h3-5,7,14H,2,6H2,1H3,(H,15,16). The number of hydrogen-bond acceptors (Lipinski definition) is 3. The van der Waals surface area contributed by atoms with E-state index in [0.717, 1.165) is 6.07 Å². The molecule has 1 unspecified atom stereocenters. The second kappa shape index (κ2) is 6.07. The van der Waals surface area contributed by atoms with Crippen molar-refractivity contribution < 1.29 is 27.1 Å². The number of carboxylic acids is 1. The molecule has 0 fully saturated rings. The molecule has 1 aromatic carbocycles. The van der Waals surface area contributed by atoms with E-state index < -0.39 is 38.4 Å². The minimum atomic E-state index is -4.06. The largest absolute Gasteiger partial charge is 0.481 e. The molecule has 1 atom stereocenters. The minimum Gasteiger partial charge on any atom is -0.481 e. The Morgan fingerprint density at radius 3 is 2.47 bits per heavy atom. The molecule has 0 heterocycles. The van der Waals surface area contributed by atoms with Crippen LogP contribution in [0.4, 0.5) is 8.78 Å². The number of nitrogens with one attached hydrogen (secondary N) is 1. The zero-order chi connectivity index (χ0) is 14.6. The van der Waals surface area contributed by atoms with Gasteiger partial charge in [-0.15, -0.1) is 0 Å². The Morgan fingerprint density at radius 1 is 1.37 bits per heavy atom. The quantitative estimate of drug-likeness (QED) is 0.829. The summed E-state index contributed by atoms with van der Waals surface area (Å²) in [5.74, 6) is -4.44. The van der Waals surface area contributed by atoms with Gasteiger partial charge < -0.3 is 5.11 Å². The molecule has 1 rings (SSSR count). The van der Waals surface area contributed by atoms with Crippen molar-refractivity contribution in [3.63, 3.8) is 0 Å². The van der Waals surface area contributed by atoms with Crippen molar-refractivity contribution in [2.75, 3.05) is 6.54 Å². The molecule has 0 saturated carbocycles. The summed E-state index contributed by atoms with van der Waals surface area (Å²) in [6.45, 7) is 1.29. The Kier molecular flexibility index (Phi) is 4.96. The number of hydrogen-bond donors (Lipinski definition) is 2. The van der Waals surface area contributed by atoms with E-state index in [4.69, 9.17) is 5.11 Å². The number of carboxylic acid groups (broad SMARTS) is 1. The van der Waals surface area contributed by atoms with Crippen molar-refractivity contribution in [2.45, 2.75) is 18.2 Å². The fraction of sp³-hybridized carbons (Fsp3) is 0.364. The van der Waals surface area contributed by atoms with E-state index in [1.807, 2.05) is 0 Å². The summed E-state index contributed by atoms with van der Waals surface area (Å²) in [7, 11) is -4.06. The summed E-state index contributed by atoms with van der Waals surface area (Å²) >= 11 is 0. The second-order valence-corrected chi connectivity index (χ2v) is 5.64. The van der Waals surface area contributed by atoms with Gasteiger partial charge >= 0.3 is 5.97 Å². The number of aliphatic carboxylic acids is 1. The molecule has 19 heavy (non-hydrogen) atoms. The van der Waals surface area contributed by atoms with Crippen molar-refractivity contribution in [3.8, 4) is 0 Å². The fourth-order valence-corrected chi connectivity index (χ4v) is 2.44. The van der Waals surface area contributed by atoms with Crippen molar-refractivity contribution in [1.82, 2.24) is 4.72 Å². The van der Waals surface area contributed by atoms with Crippen LogP contribution in [-0.2, 0) is 14.8 Å². The lowest BCUT2D eigenvalue weighted by Gasteiger charge is -2.11. The lowest BCUT2D eigenvalue weighted by atomic mass is 10.1. The average molecular weight is 293 g/mol. The molecule has 0 spiro atoms. The Hall–Kier alpha value is -1.54. The first-order chi connectivity index (χ1) is 8.77. The maximum atomic E-state index is 12.9. The average Bonchev–Trinajstić information content (AvgIpc) is 2.32. The molecular weight excluding hydrogens is 280 g/mol. The third-order valence-corrected chi connectivity index (χ3v) is 3.98. The predicted molar refractivity (Wildman–Crippen MR) is 63.0 cm³/mol. The molecule has 0 aliphatic rings. The summed E-state index contributed by atoms with van der Waals surface area (Å²) in [4.78, 5) is 10.3. The zero-order valence-electron chi connectivity index (χ0n) is 10.1. The molecular formula is C11H13F2NO4S. The van der Waals surface area contributed by atoms with Gasteiger partial charge in [0.1, 0.15) is 0 Å². The molecule has 0 saturated heterocycles. The van der Waals surface area contributed by atoms with Gasteiger partial charge in [-0.05, 0) is 24.6 Å². The van der Waals surface area contributed by atoms with Gasteiger partial charge in [0, 0.05) is 6.54 Å². The van der Waals surface area contributed by atoms with E-state index >= 15 is 0 Å². The summed E-state index contributed by atoms with van der Waals surface area (Å²) in [5.41, 5.74) is 0. The van der Waals surface area contributed by atoms with E-state index in [9.17, 15) is 22.0 Å². The first-order valence-electron chi connectivity index (χ1n) is 5.45. The van der Waals surface area contributed by atoms with Crippen LogP contribution in [0.3, 0.4) is 0 Å². The highest BCUT2D eigenvalue weighted by Gasteiger charge is 2.21. The molecule has 0 radical (unpaired) electrons. The lowest BCUT2D eigenvalue weighted by Crippen LogP contribution is -2.32. The van der Waals surface area contributed by atoms with Crippen molar-refractivity contribution in [1.29, 1.82) is 0 Å². The number of benzene rings is 1. The molecule has 0 bridgehead atoms. The lowest BCUT2D eigenvalue weighted by molar-refractivity contribution is -0.141. The van der Waals surface area contributed by atoms with E-state index in [1.165, 1.54) is 0 Å². The van der Waals surface area contributed by atoms with Gasteiger partial charge in [-0.2, -0.15) is 0 Å². The van der Waals surface area contributed by atoms with Gasteiger partial charge in [0.25, 0.3) is 0 Å². The molecule has 0 aromatic heterocycles. The van der Waals surface area contributed by atoms with Crippen molar-refractivity contribution in [2.24, 2.45) is 5.92 Å². The molecule has 1 aromatic rings. The van der Waals surface area contributed by atoms with Gasteiger partial charge in [-0.3, -0.25) is 4.79 Å². The molecule has 5 nitrogen and oxygen atoms in total. The van der Waals surface area contributed by atoms with Gasteiger partial charge in [-0.25, -0.2) is 21.9 Å². The SMILES string of the molecule is CCC(CNS(=O)(=O)c1ccc(F)c(F)c1)C(=O)O. The van der Waals surface area contributed by atoms with Crippen LogP contribution in [-0.4, -0.2) is 26.0 Å². The van der Waals surface area contributed by atoms with E-state index in [1.54, 1.807) is 6.92 Å². The monoisotopic (exact) mass is 293 g/mol. The van der Waals surface area contributed by atoms with Crippen molar-refractivity contribution >= 4 is 16.0 Å². The summed E-state index contributed by atoms with van der Waals surface area (Å²) in [6, 6.07) is 2.14. The molecule has 0 aliphatic carbocycles. The predicted octanol–water partition coefficient (Wildman–Crippen LogP) is 1.35. The highest BCUT2D eigenvalue weighted by atomic mass is 32.2. The summed E-state index contributed by atoms with van der Waals surface area (Å²) in [5, 5.41) is 8.78. The molecule has 2 N–H and O–H groups in total. The maximum absolute atomic E-state index is 12.9. The molecule has 106 valence electrons. The van der Waals surface area contributed by atoms with Crippen LogP contribution in [0, 0.1) is 17.6 Å². The van der Waals surface area contributed by atoms with Gasteiger partial charge in [0.2, 0.25) is 10.0 Å². The van der Waals surface area contributed by atoms with Crippen LogP contribution in [0.2, 0.25) is 0 Å². The van der Waals surface area contributed by atoms with Crippen LogP contribution in [0.5, 0.6) is 0 Å². The minimum absolute atomic E-state index is 0.246. The van der Waals surface area contributed by atoms with E-state index in [2.05, 4.69) is 4.72 Å². The molecule has 0 amide bonds. The first kappa shape index (κ1) is 15.5. The number of rotatable bonds is 6. The van der Waals surface area contributed by atoms with Crippen LogP contribution >= 0.6 is 0 Å².